The van der Waals surface area contributed by atoms with Crippen molar-refractivity contribution in [3.05, 3.63) is 35.4 Å². The fourth-order valence-corrected chi connectivity index (χ4v) is 2.19. The molecule has 5 nitrogen and oxygen atoms in total. The van der Waals surface area contributed by atoms with Gasteiger partial charge in [-0.15, -0.1) is 0 Å². The van der Waals surface area contributed by atoms with Gasteiger partial charge in [0, 0.05) is 13.1 Å². The maximum Gasteiger partial charge on any atom is 0.387 e. The van der Waals surface area contributed by atoms with Gasteiger partial charge in [-0.25, -0.2) is 0 Å². The quantitative estimate of drug-likeness (QED) is 0.788. The average molecular weight is 312 g/mol. The molecule has 0 fully saturated rings. The molecule has 1 aliphatic heterocycles. The van der Waals surface area contributed by atoms with Crippen LogP contribution in [-0.2, 0) is 0 Å². The minimum atomic E-state index is -3.03. The van der Waals surface area contributed by atoms with Gasteiger partial charge in [0.15, 0.2) is 11.5 Å². The van der Waals surface area contributed by atoms with E-state index >= 15 is 0 Å². The molecule has 0 saturated carbocycles. The van der Waals surface area contributed by atoms with Crippen LogP contribution in [0.1, 0.15) is 16.8 Å². The molecule has 0 radical (unpaired) electrons. The Bertz CT molecular complexity index is 562. The van der Waals surface area contributed by atoms with Crippen LogP contribution in [-0.4, -0.2) is 39.3 Å². The van der Waals surface area contributed by atoms with Gasteiger partial charge in [-0.2, -0.15) is 8.78 Å². The van der Waals surface area contributed by atoms with Gasteiger partial charge in [0.05, 0.1) is 12.7 Å². The van der Waals surface area contributed by atoms with Crippen molar-refractivity contribution in [1.29, 1.82) is 0 Å². The number of rotatable bonds is 6. The number of alkyl halides is 2. The van der Waals surface area contributed by atoms with E-state index < -0.39 is 12.5 Å². The van der Waals surface area contributed by atoms with Gasteiger partial charge in [-0.05, 0) is 25.1 Å². The molecule has 0 aliphatic carbocycles. The van der Waals surface area contributed by atoms with Gasteiger partial charge < -0.3 is 20.1 Å². The number of ether oxygens (including phenoxy) is 2. The Balaban J connectivity index is 2.12. The molecular weight excluding hydrogens is 294 g/mol. The molecule has 1 aliphatic rings. The van der Waals surface area contributed by atoms with Crippen LogP contribution >= 0.6 is 0 Å². The largest absolute Gasteiger partial charge is 0.493 e. The number of para-hydroxylation sites is 1. The summed E-state index contributed by atoms with van der Waals surface area (Å²) >= 11 is 0. The van der Waals surface area contributed by atoms with Gasteiger partial charge in [-0.3, -0.25) is 4.79 Å². The Labute approximate surface area is 127 Å². The standard InChI is InChI=1S/C15H18F2N2O3/c1-21-12-4-2-3-11(13(12)22-15(16)17)14(20)19-9-10-5-7-18-8-6-10/h2-5,15,18H,6-9H2,1H3,(H,19,20). The van der Waals surface area contributed by atoms with E-state index in [1.54, 1.807) is 6.07 Å². The van der Waals surface area contributed by atoms with Crippen LogP contribution in [0.3, 0.4) is 0 Å². The number of hydrogen-bond acceptors (Lipinski definition) is 4. The minimum Gasteiger partial charge on any atom is -0.493 e. The summed E-state index contributed by atoms with van der Waals surface area (Å²) in [5, 5.41) is 5.89. The molecule has 120 valence electrons. The van der Waals surface area contributed by atoms with Crippen molar-refractivity contribution in [2.45, 2.75) is 13.0 Å². The smallest absolute Gasteiger partial charge is 0.387 e. The van der Waals surface area contributed by atoms with E-state index in [2.05, 4.69) is 15.4 Å². The second-order valence-electron chi connectivity index (χ2n) is 4.71. The SMILES string of the molecule is COc1cccc(C(=O)NCC2=CCNCC2)c1OC(F)F. The van der Waals surface area contributed by atoms with Crippen LogP contribution in [0.2, 0.25) is 0 Å². The van der Waals surface area contributed by atoms with Crippen molar-refractivity contribution >= 4 is 5.91 Å². The Morgan fingerprint density at radius 1 is 1.45 bits per heavy atom. The minimum absolute atomic E-state index is 0.0224. The van der Waals surface area contributed by atoms with Crippen LogP contribution < -0.4 is 20.1 Å². The molecule has 22 heavy (non-hydrogen) atoms. The van der Waals surface area contributed by atoms with Crippen LogP contribution in [0.4, 0.5) is 8.78 Å². The fraction of sp³-hybridized carbons (Fsp3) is 0.400. The first kappa shape index (κ1) is 16.2. The highest BCUT2D eigenvalue weighted by Gasteiger charge is 2.20. The third kappa shape index (κ3) is 4.17. The number of benzene rings is 1. The lowest BCUT2D eigenvalue weighted by Crippen LogP contribution is -2.30. The molecule has 1 amide bonds. The van der Waals surface area contributed by atoms with Gasteiger partial charge >= 0.3 is 6.61 Å². The summed E-state index contributed by atoms with van der Waals surface area (Å²) in [5.74, 6) is -0.639. The Morgan fingerprint density at radius 3 is 2.91 bits per heavy atom. The van der Waals surface area contributed by atoms with E-state index in [1.165, 1.54) is 19.2 Å². The summed E-state index contributed by atoms with van der Waals surface area (Å²) in [5.41, 5.74) is 1.13. The summed E-state index contributed by atoms with van der Waals surface area (Å²) in [4.78, 5) is 12.2. The number of carbonyl (C=O) groups excluding carboxylic acids is 1. The third-order valence-electron chi connectivity index (χ3n) is 3.28. The lowest BCUT2D eigenvalue weighted by Gasteiger charge is -2.16. The molecule has 2 rings (SSSR count). The highest BCUT2D eigenvalue weighted by molar-refractivity contribution is 5.97. The molecule has 0 atom stereocenters. The van der Waals surface area contributed by atoms with Crippen molar-refractivity contribution in [1.82, 2.24) is 10.6 Å². The van der Waals surface area contributed by atoms with Crippen LogP contribution in [0.15, 0.2) is 29.8 Å². The summed E-state index contributed by atoms with van der Waals surface area (Å²) in [6, 6.07) is 4.44. The number of methoxy groups -OCH3 is 1. The molecule has 1 aromatic rings. The fourth-order valence-electron chi connectivity index (χ4n) is 2.19. The van der Waals surface area contributed by atoms with E-state index in [0.717, 1.165) is 25.1 Å². The molecule has 2 N–H and O–H groups in total. The van der Waals surface area contributed by atoms with Crippen LogP contribution in [0.25, 0.3) is 0 Å². The molecule has 1 aromatic carbocycles. The highest BCUT2D eigenvalue weighted by atomic mass is 19.3. The maximum absolute atomic E-state index is 12.5. The lowest BCUT2D eigenvalue weighted by molar-refractivity contribution is -0.0515. The number of carbonyl (C=O) groups is 1. The number of amides is 1. The summed E-state index contributed by atoms with van der Waals surface area (Å²) < 4.78 is 34.5. The van der Waals surface area contributed by atoms with E-state index in [0.29, 0.717) is 6.54 Å². The summed E-state index contributed by atoms with van der Waals surface area (Å²) in [6.07, 6.45) is 2.85. The van der Waals surface area contributed by atoms with E-state index in [1.807, 2.05) is 6.08 Å². The predicted molar refractivity (Wildman–Crippen MR) is 77.5 cm³/mol. The van der Waals surface area contributed by atoms with Gasteiger partial charge in [0.25, 0.3) is 5.91 Å². The molecule has 1 heterocycles. The molecule has 0 unspecified atom stereocenters. The number of hydrogen-bond donors (Lipinski definition) is 2. The zero-order valence-corrected chi connectivity index (χ0v) is 12.2. The first-order chi connectivity index (χ1) is 10.6. The average Bonchev–Trinajstić information content (AvgIpc) is 2.53. The first-order valence-corrected chi connectivity index (χ1v) is 6.90. The normalized spacial score (nSPS) is 14.5. The second-order valence-corrected chi connectivity index (χ2v) is 4.71. The molecule has 7 heteroatoms. The molecular formula is C15H18F2N2O3. The zero-order valence-electron chi connectivity index (χ0n) is 12.2. The number of halogens is 2. The number of nitrogens with one attached hydrogen (secondary N) is 2. The zero-order chi connectivity index (χ0) is 15.9. The van der Waals surface area contributed by atoms with Crippen LogP contribution in [0.5, 0.6) is 11.5 Å². The molecule has 0 bridgehead atoms. The third-order valence-corrected chi connectivity index (χ3v) is 3.28. The molecule has 0 spiro atoms. The summed E-state index contributed by atoms with van der Waals surface area (Å²) in [6.45, 7) is -1.02. The first-order valence-electron chi connectivity index (χ1n) is 6.90. The van der Waals surface area contributed by atoms with Crippen molar-refractivity contribution in [3.63, 3.8) is 0 Å². The van der Waals surface area contributed by atoms with Crippen molar-refractivity contribution in [3.8, 4) is 11.5 Å². The predicted octanol–water partition coefficient (Wildman–Crippen LogP) is 1.95. The topological polar surface area (TPSA) is 59.6 Å². The van der Waals surface area contributed by atoms with E-state index in [-0.39, 0.29) is 17.1 Å². The van der Waals surface area contributed by atoms with Crippen molar-refractivity contribution in [2.24, 2.45) is 0 Å². The highest BCUT2D eigenvalue weighted by Crippen LogP contribution is 2.32. The Hall–Kier alpha value is -2.15. The Morgan fingerprint density at radius 2 is 2.27 bits per heavy atom. The van der Waals surface area contributed by atoms with E-state index in [9.17, 15) is 13.6 Å². The van der Waals surface area contributed by atoms with Gasteiger partial charge in [0.1, 0.15) is 0 Å². The molecule has 0 aromatic heterocycles. The Kier molecular flexibility index (Phi) is 5.71. The maximum atomic E-state index is 12.5. The lowest BCUT2D eigenvalue weighted by atomic mass is 10.1. The van der Waals surface area contributed by atoms with Gasteiger partial charge in [0.2, 0.25) is 0 Å². The second kappa shape index (κ2) is 7.74. The summed E-state index contributed by atoms with van der Waals surface area (Å²) in [7, 11) is 1.33. The van der Waals surface area contributed by atoms with Gasteiger partial charge in [-0.1, -0.05) is 17.7 Å². The van der Waals surface area contributed by atoms with Crippen molar-refractivity contribution in [2.75, 3.05) is 26.7 Å². The monoisotopic (exact) mass is 312 g/mol. The van der Waals surface area contributed by atoms with E-state index in [4.69, 9.17) is 4.74 Å². The van der Waals surface area contributed by atoms with Crippen LogP contribution in [0, 0.1) is 0 Å². The molecule has 0 saturated heterocycles. The van der Waals surface area contributed by atoms with Crippen molar-refractivity contribution < 1.29 is 23.0 Å².